The SMILES string of the molecule is Cc1cc(C)c2nc(NC(=O)COC(=O)COc3ccc(Br)cc3)sc2c1. The van der Waals surface area contributed by atoms with Gasteiger partial charge in [-0.3, -0.25) is 10.1 Å². The number of anilines is 1. The Labute approximate surface area is 168 Å². The van der Waals surface area contributed by atoms with Crippen molar-refractivity contribution in [2.75, 3.05) is 18.5 Å². The number of amides is 1. The summed E-state index contributed by atoms with van der Waals surface area (Å²) in [5.74, 6) is -0.524. The number of aromatic nitrogens is 1. The van der Waals surface area contributed by atoms with Crippen LogP contribution < -0.4 is 10.1 Å². The van der Waals surface area contributed by atoms with E-state index in [1.807, 2.05) is 26.0 Å². The molecule has 1 N–H and O–H groups in total. The molecule has 0 fully saturated rings. The number of benzene rings is 2. The van der Waals surface area contributed by atoms with E-state index in [1.54, 1.807) is 24.3 Å². The van der Waals surface area contributed by atoms with Crippen molar-refractivity contribution in [3.8, 4) is 5.75 Å². The normalized spacial score (nSPS) is 10.6. The number of halogens is 1. The monoisotopic (exact) mass is 448 g/mol. The lowest BCUT2D eigenvalue weighted by molar-refractivity contribution is -0.149. The molecule has 6 nitrogen and oxygen atoms in total. The first-order valence-corrected chi connectivity index (χ1v) is 9.73. The molecule has 0 spiro atoms. The quantitative estimate of drug-likeness (QED) is 0.570. The number of hydrogen-bond donors (Lipinski definition) is 1. The zero-order valence-corrected chi connectivity index (χ0v) is 17.1. The molecule has 2 aromatic carbocycles. The molecule has 0 aliphatic rings. The summed E-state index contributed by atoms with van der Waals surface area (Å²) in [5, 5.41) is 3.14. The Balaban J connectivity index is 1.48. The zero-order valence-electron chi connectivity index (χ0n) is 14.7. The summed E-state index contributed by atoms with van der Waals surface area (Å²) in [7, 11) is 0. The third-order valence-corrected chi connectivity index (χ3v) is 5.06. The Morgan fingerprint density at radius 2 is 1.89 bits per heavy atom. The van der Waals surface area contributed by atoms with Crippen LogP contribution >= 0.6 is 27.3 Å². The Kier molecular flexibility index (Phi) is 6.08. The fraction of sp³-hybridized carbons (Fsp3) is 0.211. The fourth-order valence-electron chi connectivity index (χ4n) is 2.44. The van der Waals surface area contributed by atoms with Gasteiger partial charge in [0.1, 0.15) is 5.75 Å². The van der Waals surface area contributed by atoms with E-state index in [9.17, 15) is 9.59 Å². The predicted molar refractivity (Wildman–Crippen MR) is 108 cm³/mol. The van der Waals surface area contributed by atoms with Crippen LogP contribution in [0.3, 0.4) is 0 Å². The second-order valence-electron chi connectivity index (χ2n) is 5.90. The molecule has 3 rings (SSSR count). The molecule has 0 atom stereocenters. The highest BCUT2D eigenvalue weighted by molar-refractivity contribution is 9.10. The minimum atomic E-state index is -0.621. The highest BCUT2D eigenvalue weighted by Gasteiger charge is 2.12. The van der Waals surface area contributed by atoms with Gasteiger partial charge in [-0.05, 0) is 55.3 Å². The molecule has 1 amide bonds. The van der Waals surface area contributed by atoms with Crippen LogP contribution in [0.25, 0.3) is 10.2 Å². The summed E-state index contributed by atoms with van der Waals surface area (Å²) in [4.78, 5) is 28.1. The third kappa shape index (κ3) is 5.27. The number of rotatable bonds is 6. The lowest BCUT2D eigenvalue weighted by Crippen LogP contribution is -2.23. The van der Waals surface area contributed by atoms with Gasteiger partial charge in [0, 0.05) is 4.47 Å². The minimum absolute atomic E-state index is 0.269. The second kappa shape index (κ2) is 8.49. The molecule has 27 heavy (non-hydrogen) atoms. The molecular formula is C19H17BrN2O4S. The van der Waals surface area contributed by atoms with Crippen molar-refractivity contribution < 1.29 is 19.1 Å². The molecule has 8 heteroatoms. The maximum absolute atomic E-state index is 12.0. The van der Waals surface area contributed by atoms with Crippen molar-refractivity contribution >= 4 is 54.5 Å². The summed E-state index contributed by atoms with van der Waals surface area (Å²) >= 11 is 4.70. The van der Waals surface area contributed by atoms with Crippen LogP contribution in [0.2, 0.25) is 0 Å². The molecule has 3 aromatic rings. The molecule has 0 aliphatic carbocycles. The van der Waals surface area contributed by atoms with E-state index in [0.29, 0.717) is 10.9 Å². The summed E-state index contributed by atoms with van der Waals surface area (Å²) in [6, 6.07) is 11.1. The number of esters is 1. The van der Waals surface area contributed by atoms with E-state index in [0.717, 1.165) is 25.8 Å². The van der Waals surface area contributed by atoms with Crippen molar-refractivity contribution in [1.82, 2.24) is 4.98 Å². The van der Waals surface area contributed by atoms with Gasteiger partial charge in [-0.25, -0.2) is 9.78 Å². The Morgan fingerprint density at radius 3 is 2.63 bits per heavy atom. The van der Waals surface area contributed by atoms with Gasteiger partial charge in [0.05, 0.1) is 10.2 Å². The number of fused-ring (bicyclic) bond motifs is 1. The van der Waals surface area contributed by atoms with Gasteiger partial charge in [-0.2, -0.15) is 0 Å². The van der Waals surface area contributed by atoms with Crippen LogP contribution in [0, 0.1) is 13.8 Å². The molecule has 0 saturated heterocycles. The van der Waals surface area contributed by atoms with Gasteiger partial charge in [0.25, 0.3) is 5.91 Å². The average molecular weight is 449 g/mol. The third-order valence-electron chi connectivity index (χ3n) is 3.61. The summed E-state index contributed by atoms with van der Waals surface area (Å²) < 4.78 is 12.1. The van der Waals surface area contributed by atoms with Gasteiger partial charge in [-0.15, -0.1) is 0 Å². The largest absolute Gasteiger partial charge is 0.482 e. The maximum atomic E-state index is 12.0. The van der Waals surface area contributed by atoms with E-state index in [4.69, 9.17) is 9.47 Å². The number of nitrogens with one attached hydrogen (secondary N) is 1. The van der Waals surface area contributed by atoms with Crippen LogP contribution in [0.5, 0.6) is 5.75 Å². The Bertz CT molecular complexity index is 985. The lowest BCUT2D eigenvalue weighted by atomic mass is 10.1. The van der Waals surface area contributed by atoms with Crippen LogP contribution in [0.15, 0.2) is 40.9 Å². The number of ether oxygens (including phenoxy) is 2. The highest BCUT2D eigenvalue weighted by atomic mass is 79.9. The minimum Gasteiger partial charge on any atom is -0.482 e. The molecule has 0 bridgehead atoms. The van der Waals surface area contributed by atoms with Crippen molar-refractivity contribution in [2.45, 2.75) is 13.8 Å². The molecule has 0 unspecified atom stereocenters. The van der Waals surface area contributed by atoms with Gasteiger partial charge < -0.3 is 9.47 Å². The summed E-state index contributed by atoms with van der Waals surface area (Å²) in [6.45, 7) is 3.33. The highest BCUT2D eigenvalue weighted by Crippen LogP contribution is 2.29. The molecule has 0 saturated carbocycles. The van der Waals surface area contributed by atoms with Gasteiger partial charge >= 0.3 is 5.97 Å². The summed E-state index contributed by atoms with van der Waals surface area (Å²) in [5.41, 5.74) is 3.06. The van der Waals surface area contributed by atoms with Crippen molar-refractivity contribution in [3.63, 3.8) is 0 Å². The molecule has 140 valence electrons. The molecule has 1 aromatic heterocycles. The van der Waals surface area contributed by atoms with Crippen LogP contribution in [0.1, 0.15) is 11.1 Å². The van der Waals surface area contributed by atoms with E-state index < -0.39 is 18.5 Å². The smallest absolute Gasteiger partial charge is 0.344 e. The molecular weight excluding hydrogens is 432 g/mol. The molecule has 0 radical (unpaired) electrons. The molecule has 0 aliphatic heterocycles. The fourth-order valence-corrected chi connectivity index (χ4v) is 3.76. The van der Waals surface area contributed by atoms with E-state index in [1.165, 1.54) is 11.3 Å². The summed E-state index contributed by atoms with van der Waals surface area (Å²) in [6.07, 6.45) is 0. The van der Waals surface area contributed by atoms with Crippen molar-refractivity contribution in [1.29, 1.82) is 0 Å². The van der Waals surface area contributed by atoms with Crippen molar-refractivity contribution in [3.05, 3.63) is 52.0 Å². The van der Waals surface area contributed by atoms with E-state index in [-0.39, 0.29) is 6.61 Å². The van der Waals surface area contributed by atoms with Crippen molar-refractivity contribution in [2.24, 2.45) is 0 Å². The number of carbonyl (C=O) groups is 2. The Hall–Kier alpha value is -2.45. The first-order chi connectivity index (χ1) is 12.9. The standard InChI is InChI=1S/C19H17BrN2O4S/c1-11-7-12(2)18-15(8-11)27-19(22-18)21-16(23)9-26-17(24)10-25-14-5-3-13(20)4-6-14/h3-8H,9-10H2,1-2H3,(H,21,22,23). The van der Waals surface area contributed by atoms with Gasteiger partial charge in [0.2, 0.25) is 0 Å². The average Bonchev–Trinajstić information content (AvgIpc) is 3.02. The lowest BCUT2D eigenvalue weighted by Gasteiger charge is -2.07. The number of hydrogen-bond acceptors (Lipinski definition) is 6. The molecule has 1 heterocycles. The predicted octanol–water partition coefficient (Wildman–Crippen LogP) is 4.24. The van der Waals surface area contributed by atoms with Gasteiger partial charge in [0.15, 0.2) is 18.3 Å². The number of carbonyl (C=O) groups excluding carboxylic acids is 2. The van der Waals surface area contributed by atoms with E-state index in [2.05, 4.69) is 26.2 Å². The Morgan fingerprint density at radius 1 is 1.15 bits per heavy atom. The number of nitrogens with zero attached hydrogens (tertiary/aromatic N) is 1. The first kappa shape index (κ1) is 19.3. The van der Waals surface area contributed by atoms with Gasteiger partial charge in [-0.1, -0.05) is 33.3 Å². The van der Waals surface area contributed by atoms with Crippen LogP contribution in [-0.2, 0) is 14.3 Å². The number of thiazole rings is 1. The number of aryl methyl sites for hydroxylation is 2. The van der Waals surface area contributed by atoms with E-state index >= 15 is 0 Å². The first-order valence-electron chi connectivity index (χ1n) is 8.12. The van der Waals surface area contributed by atoms with Crippen LogP contribution in [0.4, 0.5) is 5.13 Å². The topological polar surface area (TPSA) is 77.5 Å². The second-order valence-corrected chi connectivity index (χ2v) is 7.85. The van der Waals surface area contributed by atoms with Crippen LogP contribution in [-0.4, -0.2) is 30.1 Å². The maximum Gasteiger partial charge on any atom is 0.344 e. The zero-order chi connectivity index (χ0) is 19.4.